The first-order valence-electron chi connectivity index (χ1n) is 8.03. The van der Waals surface area contributed by atoms with E-state index in [1.807, 2.05) is 18.3 Å². The van der Waals surface area contributed by atoms with Gasteiger partial charge >= 0.3 is 0 Å². The summed E-state index contributed by atoms with van der Waals surface area (Å²) in [4.78, 5) is 19.0. The van der Waals surface area contributed by atoms with Crippen LogP contribution in [0.15, 0.2) is 39.9 Å². The lowest BCUT2D eigenvalue weighted by Crippen LogP contribution is -2.54. The van der Waals surface area contributed by atoms with Crippen LogP contribution in [0.1, 0.15) is 13.8 Å². The number of hydrogen-bond acceptors (Lipinski definition) is 5. The molecule has 6 nitrogen and oxygen atoms in total. The molecule has 128 valence electrons. The summed E-state index contributed by atoms with van der Waals surface area (Å²) in [5.41, 5.74) is 1.51. The van der Waals surface area contributed by atoms with Crippen LogP contribution in [0, 0.1) is 0 Å². The highest BCUT2D eigenvalue weighted by atomic mass is 79.9. The van der Waals surface area contributed by atoms with Gasteiger partial charge in [-0.25, -0.2) is 4.98 Å². The molecule has 1 aliphatic heterocycles. The largest absolute Gasteiger partial charge is 0.365 e. The number of nitrogens with one attached hydrogen (secondary N) is 2. The summed E-state index contributed by atoms with van der Waals surface area (Å²) in [6.07, 6.45) is 3.59. The van der Waals surface area contributed by atoms with Gasteiger partial charge in [0.05, 0.1) is 11.9 Å². The van der Waals surface area contributed by atoms with Crippen molar-refractivity contribution in [2.45, 2.75) is 25.9 Å². The maximum atomic E-state index is 12.2. The molecule has 7 heteroatoms. The summed E-state index contributed by atoms with van der Waals surface area (Å²) < 4.78 is 2.37. The van der Waals surface area contributed by atoms with Crippen molar-refractivity contribution in [2.75, 3.05) is 23.3 Å². The van der Waals surface area contributed by atoms with Gasteiger partial charge in [0.2, 0.25) is 0 Å². The average Bonchev–Trinajstić information content (AvgIpc) is 2.55. The molecule has 0 aliphatic carbocycles. The first-order valence-corrected chi connectivity index (χ1v) is 8.82. The molecule has 24 heavy (non-hydrogen) atoms. The number of halogens is 1. The lowest BCUT2D eigenvalue weighted by Gasteiger charge is -2.39. The second kappa shape index (κ2) is 6.94. The quantitative estimate of drug-likeness (QED) is 0.841. The number of rotatable bonds is 3. The van der Waals surface area contributed by atoms with Gasteiger partial charge in [0, 0.05) is 42.9 Å². The minimum atomic E-state index is -0.0892. The fourth-order valence-corrected chi connectivity index (χ4v) is 3.45. The summed E-state index contributed by atoms with van der Waals surface area (Å²) in [7, 11) is 1.72. The Bertz CT molecular complexity index is 774. The third kappa shape index (κ3) is 3.62. The van der Waals surface area contributed by atoms with Gasteiger partial charge in [-0.1, -0.05) is 0 Å². The van der Waals surface area contributed by atoms with E-state index in [1.165, 1.54) is 4.57 Å². The second-order valence-electron chi connectivity index (χ2n) is 6.33. The Morgan fingerprint density at radius 1 is 1.38 bits per heavy atom. The Morgan fingerprint density at radius 2 is 2.17 bits per heavy atom. The van der Waals surface area contributed by atoms with Crippen molar-refractivity contribution in [3.63, 3.8) is 0 Å². The number of anilines is 3. The number of piperazine rings is 1. The highest BCUT2D eigenvalue weighted by Gasteiger charge is 2.22. The Labute approximate surface area is 150 Å². The third-order valence-electron chi connectivity index (χ3n) is 4.26. The van der Waals surface area contributed by atoms with Crippen LogP contribution in [0.4, 0.5) is 17.2 Å². The Kier molecular flexibility index (Phi) is 4.91. The molecule has 2 N–H and O–H groups in total. The number of hydrogen-bond donors (Lipinski definition) is 2. The van der Waals surface area contributed by atoms with Crippen LogP contribution in [0.2, 0.25) is 0 Å². The topological polar surface area (TPSA) is 62.2 Å². The van der Waals surface area contributed by atoms with Gasteiger partial charge in [-0.15, -0.1) is 0 Å². The van der Waals surface area contributed by atoms with E-state index >= 15 is 0 Å². The van der Waals surface area contributed by atoms with Crippen LogP contribution in [0.25, 0.3) is 0 Å². The van der Waals surface area contributed by atoms with E-state index in [0.717, 1.165) is 23.2 Å². The third-order valence-corrected chi connectivity index (χ3v) is 4.69. The van der Waals surface area contributed by atoms with Crippen molar-refractivity contribution >= 4 is 33.1 Å². The van der Waals surface area contributed by atoms with Crippen molar-refractivity contribution in [2.24, 2.45) is 7.05 Å². The zero-order valence-corrected chi connectivity index (χ0v) is 15.7. The lowest BCUT2D eigenvalue weighted by molar-refractivity contribution is 0.425. The maximum Gasteiger partial charge on any atom is 0.274 e. The zero-order valence-electron chi connectivity index (χ0n) is 14.1. The van der Waals surface area contributed by atoms with Crippen molar-refractivity contribution < 1.29 is 0 Å². The van der Waals surface area contributed by atoms with E-state index in [4.69, 9.17) is 0 Å². The number of nitrogens with zero attached hydrogens (tertiary/aromatic N) is 3. The standard InChI is InChI=1S/C17H22BrN5O/c1-11-9-23(12(2)7-19-11)14-4-5-16(20-8-14)21-15-6-13(18)10-22(3)17(15)24/h4-6,8,10-12,19H,7,9H2,1-3H3,(H,20,21). The van der Waals surface area contributed by atoms with Gasteiger partial charge in [0.1, 0.15) is 11.5 Å². The monoisotopic (exact) mass is 391 g/mol. The first kappa shape index (κ1) is 17.0. The molecule has 0 radical (unpaired) electrons. The van der Waals surface area contributed by atoms with E-state index in [1.54, 1.807) is 19.3 Å². The fraction of sp³-hybridized carbons (Fsp3) is 0.412. The SMILES string of the molecule is CC1CN(c2ccc(Nc3cc(Br)cn(C)c3=O)nc2)C(C)CN1. The van der Waals surface area contributed by atoms with Gasteiger partial charge in [0.15, 0.2) is 0 Å². The highest BCUT2D eigenvalue weighted by molar-refractivity contribution is 9.10. The van der Waals surface area contributed by atoms with Crippen LogP contribution >= 0.6 is 15.9 Å². The fourth-order valence-electron chi connectivity index (χ4n) is 2.91. The van der Waals surface area contributed by atoms with Crippen LogP contribution in [0.3, 0.4) is 0 Å². The molecule has 2 aromatic heterocycles. The smallest absolute Gasteiger partial charge is 0.274 e. The minimum absolute atomic E-state index is 0.0892. The van der Waals surface area contributed by atoms with E-state index < -0.39 is 0 Å². The van der Waals surface area contributed by atoms with Gasteiger partial charge in [-0.3, -0.25) is 4.79 Å². The normalized spacial score (nSPS) is 20.9. The summed E-state index contributed by atoms with van der Waals surface area (Å²) in [5, 5.41) is 6.58. The van der Waals surface area contributed by atoms with E-state index in [9.17, 15) is 4.79 Å². The van der Waals surface area contributed by atoms with E-state index in [0.29, 0.717) is 23.6 Å². The van der Waals surface area contributed by atoms with Crippen molar-refractivity contribution in [3.05, 3.63) is 45.4 Å². The van der Waals surface area contributed by atoms with Crippen LogP contribution in [-0.2, 0) is 7.05 Å². The molecule has 0 saturated carbocycles. The summed E-state index contributed by atoms with van der Waals surface area (Å²) in [6.45, 7) is 6.32. The molecule has 0 aromatic carbocycles. The van der Waals surface area contributed by atoms with Gasteiger partial charge < -0.3 is 20.1 Å². The Balaban J connectivity index is 1.79. The van der Waals surface area contributed by atoms with Gasteiger partial charge in [-0.2, -0.15) is 0 Å². The molecule has 0 spiro atoms. The highest BCUT2D eigenvalue weighted by Crippen LogP contribution is 2.22. The van der Waals surface area contributed by atoms with Crippen molar-refractivity contribution in [1.29, 1.82) is 0 Å². The molecule has 1 aliphatic rings. The summed E-state index contributed by atoms with van der Waals surface area (Å²) in [6, 6.07) is 6.61. The maximum absolute atomic E-state index is 12.2. The lowest BCUT2D eigenvalue weighted by atomic mass is 10.1. The van der Waals surface area contributed by atoms with E-state index in [-0.39, 0.29) is 5.56 Å². The van der Waals surface area contributed by atoms with E-state index in [2.05, 4.69) is 50.3 Å². The summed E-state index contributed by atoms with van der Waals surface area (Å²) in [5.74, 6) is 0.657. The van der Waals surface area contributed by atoms with Crippen LogP contribution < -0.4 is 21.1 Å². The molecular formula is C17H22BrN5O. The molecule has 1 fully saturated rings. The molecule has 0 amide bonds. The van der Waals surface area contributed by atoms with Gasteiger partial charge in [0.25, 0.3) is 5.56 Å². The van der Waals surface area contributed by atoms with Crippen LogP contribution in [0.5, 0.6) is 0 Å². The molecule has 2 unspecified atom stereocenters. The number of aryl methyl sites for hydroxylation is 1. The van der Waals surface area contributed by atoms with Crippen molar-refractivity contribution in [1.82, 2.24) is 14.9 Å². The average molecular weight is 392 g/mol. The Morgan fingerprint density at radius 3 is 2.88 bits per heavy atom. The molecule has 3 rings (SSSR count). The number of aromatic nitrogens is 2. The van der Waals surface area contributed by atoms with Crippen LogP contribution in [-0.4, -0.2) is 34.7 Å². The first-order chi connectivity index (χ1) is 11.4. The van der Waals surface area contributed by atoms with Gasteiger partial charge in [-0.05, 0) is 48.0 Å². The molecule has 3 heterocycles. The number of pyridine rings is 2. The second-order valence-corrected chi connectivity index (χ2v) is 7.24. The molecular weight excluding hydrogens is 370 g/mol. The predicted molar refractivity (Wildman–Crippen MR) is 101 cm³/mol. The minimum Gasteiger partial charge on any atom is -0.365 e. The Hall–Kier alpha value is -1.86. The molecule has 2 atom stereocenters. The van der Waals surface area contributed by atoms with Crippen molar-refractivity contribution in [3.8, 4) is 0 Å². The predicted octanol–water partition coefficient (Wildman–Crippen LogP) is 2.47. The molecule has 2 aromatic rings. The zero-order chi connectivity index (χ0) is 17.3. The summed E-state index contributed by atoms with van der Waals surface area (Å²) >= 11 is 3.40. The molecule has 1 saturated heterocycles. The molecule has 0 bridgehead atoms.